The Hall–Kier alpha value is -3.32. The van der Waals surface area contributed by atoms with E-state index in [-0.39, 0.29) is 24.3 Å². The number of nitrogens with two attached hydrogens (primary N) is 1. The van der Waals surface area contributed by atoms with Gasteiger partial charge in [-0.1, -0.05) is 30.3 Å². The summed E-state index contributed by atoms with van der Waals surface area (Å²) in [5.74, 6) is 0.0250. The molecule has 2 heterocycles. The molecule has 0 aliphatic carbocycles. The van der Waals surface area contributed by atoms with Crippen molar-refractivity contribution in [2.75, 3.05) is 6.54 Å². The maximum absolute atomic E-state index is 12.0. The first-order valence-electron chi connectivity index (χ1n) is 7.78. The Morgan fingerprint density at radius 2 is 1.68 bits per heavy atom. The van der Waals surface area contributed by atoms with Crippen LogP contribution in [0, 0.1) is 0 Å². The zero-order valence-electron chi connectivity index (χ0n) is 13.3. The van der Waals surface area contributed by atoms with Crippen LogP contribution in [-0.4, -0.2) is 18.4 Å². The number of benzene rings is 1. The van der Waals surface area contributed by atoms with Crippen LogP contribution in [0.2, 0.25) is 0 Å². The quantitative estimate of drug-likeness (QED) is 0.582. The number of furan rings is 2. The van der Waals surface area contributed by atoms with E-state index in [1.54, 1.807) is 12.3 Å². The summed E-state index contributed by atoms with van der Waals surface area (Å²) < 4.78 is 10.4. The van der Waals surface area contributed by atoms with Gasteiger partial charge in [-0.3, -0.25) is 20.4 Å². The van der Waals surface area contributed by atoms with Crippen molar-refractivity contribution in [1.29, 1.82) is 0 Å². The summed E-state index contributed by atoms with van der Waals surface area (Å²) in [5.41, 5.74) is 5.69. The zero-order valence-corrected chi connectivity index (χ0v) is 13.3. The van der Waals surface area contributed by atoms with Gasteiger partial charge in [0.15, 0.2) is 24.1 Å². The van der Waals surface area contributed by atoms with E-state index >= 15 is 0 Å². The molecule has 0 aliphatic rings. The average Bonchev–Trinajstić information content (AvgIpc) is 3.34. The largest absolute Gasteiger partial charge is 0.463 e. The van der Waals surface area contributed by atoms with Gasteiger partial charge in [0.1, 0.15) is 0 Å². The number of carbonyl (C=O) groups is 2. The smallest absolute Gasteiger partial charge is 0.305 e. The predicted molar refractivity (Wildman–Crippen MR) is 88.1 cm³/mol. The summed E-state index contributed by atoms with van der Waals surface area (Å²) in [6.45, 7) is 0.110. The van der Waals surface area contributed by atoms with Crippen LogP contribution in [0.4, 0.5) is 0 Å². The Morgan fingerprint density at radius 1 is 0.920 bits per heavy atom. The van der Waals surface area contributed by atoms with Gasteiger partial charge in [0.05, 0.1) is 12.5 Å². The second-order valence-electron chi connectivity index (χ2n) is 5.32. The second kappa shape index (κ2) is 7.98. The molecule has 0 spiro atoms. The van der Waals surface area contributed by atoms with Gasteiger partial charge in [0, 0.05) is 5.56 Å². The average molecular weight is 340 g/mol. The van der Waals surface area contributed by atoms with Crippen LogP contribution in [-0.2, 0) is 4.79 Å². The maximum atomic E-state index is 12.0. The molecule has 1 atom stereocenters. The van der Waals surface area contributed by atoms with Crippen molar-refractivity contribution in [1.82, 2.24) is 10.9 Å². The van der Waals surface area contributed by atoms with Gasteiger partial charge in [-0.05, 0) is 24.3 Å². The molecular formula is C18H18N3O4+. The zero-order chi connectivity index (χ0) is 17.5. The second-order valence-corrected chi connectivity index (χ2v) is 5.32. The van der Waals surface area contributed by atoms with E-state index in [4.69, 9.17) is 8.83 Å². The maximum Gasteiger partial charge on any atom is 0.305 e. The van der Waals surface area contributed by atoms with E-state index in [0.29, 0.717) is 0 Å². The van der Waals surface area contributed by atoms with Gasteiger partial charge in [0.2, 0.25) is 0 Å². The number of nitrogens with one attached hydrogen (secondary N) is 2. The Labute approximate surface area is 144 Å². The Morgan fingerprint density at radius 3 is 2.36 bits per heavy atom. The summed E-state index contributed by atoms with van der Waals surface area (Å²) in [7, 11) is 0. The lowest BCUT2D eigenvalue weighted by molar-refractivity contribution is -0.678. The third-order valence-corrected chi connectivity index (χ3v) is 3.61. The highest BCUT2D eigenvalue weighted by Crippen LogP contribution is 2.18. The Kier molecular flexibility index (Phi) is 5.28. The van der Waals surface area contributed by atoms with Gasteiger partial charge < -0.3 is 14.2 Å². The van der Waals surface area contributed by atoms with Crippen LogP contribution < -0.4 is 16.2 Å². The fourth-order valence-electron chi connectivity index (χ4n) is 2.42. The molecule has 1 aromatic carbocycles. The minimum atomic E-state index is -0.510. The molecule has 7 heteroatoms. The predicted octanol–water partition coefficient (Wildman–Crippen LogP) is 0.987. The molecule has 2 aromatic heterocycles. The molecule has 25 heavy (non-hydrogen) atoms. The van der Waals surface area contributed by atoms with Crippen LogP contribution in [0.1, 0.15) is 27.9 Å². The SMILES string of the molecule is O=C(C[NH2+][C@@H](c1ccccc1)c1ccco1)NNC(=O)c1ccco1. The highest BCUT2D eigenvalue weighted by atomic mass is 16.3. The lowest BCUT2D eigenvalue weighted by atomic mass is 10.0. The van der Waals surface area contributed by atoms with Crippen LogP contribution in [0.25, 0.3) is 0 Å². The summed E-state index contributed by atoms with van der Waals surface area (Å²) in [6.07, 6.45) is 2.99. The van der Waals surface area contributed by atoms with E-state index < -0.39 is 5.91 Å². The van der Waals surface area contributed by atoms with Gasteiger partial charge in [-0.15, -0.1) is 0 Å². The summed E-state index contributed by atoms with van der Waals surface area (Å²) in [5, 5.41) is 1.84. The molecule has 7 nitrogen and oxygen atoms in total. The summed E-state index contributed by atoms with van der Waals surface area (Å²) >= 11 is 0. The van der Waals surface area contributed by atoms with E-state index in [0.717, 1.165) is 11.3 Å². The molecule has 0 unspecified atom stereocenters. The highest BCUT2D eigenvalue weighted by Gasteiger charge is 2.21. The molecule has 2 amide bonds. The third-order valence-electron chi connectivity index (χ3n) is 3.61. The van der Waals surface area contributed by atoms with Crippen LogP contribution in [0.3, 0.4) is 0 Å². The van der Waals surface area contributed by atoms with E-state index in [2.05, 4.69) is 10.9 Å². The highest BCUT2D eigenvalue weighted by molar-refractivity contribution is 5.92. The minimum absolute atomic E-state index is 0.110. The number of quaternary nitrogens is 1. The van der Waals surface area contributed by atoms with Crippen molar-refractivity contribution < 1.29 is 23.7 Å². The topological polar surface area (TPSA) is 101 Å². The summed E-state index contributed by atoms with van der Waals surface area (Å²) in [4.78, 5) is 23.7. The van der Waals surface area contributed by atoms with E-state index in [9.17, 15) is 9.59 Å². The first kappa shape index (κ1) is 16.5. The molecule has 0 saturated heterocycles. The van der Waals surface area contributed by atoms with E-state index in [1.165, 1.54) is 12.3 Å². The van der Waals surface area contributed by atoms with Crippen molar-refractivity contribution >= 4 is 11.8 Å². The molecule has 0 saturated carbocycles. The first-order chi connectivity index (χ1) is 12.2. The summed E-state index contributed by atoms with van der Waals surface area (Å²) in [6, 6.07) is 16.4. The molecule has 0 radical (unpaired) electrons. The van der Waals surface area contributed by atoms with Crippen molar-refractivity contribution in [3.8, 4) is 0 Å². The third kappa shape index (κ3) is 4.36. The standard InChI is InChI=1S/C18H17N3O4/c22-16(20-21-18(23)15-9-5-11-25-15)12-19-17(14-8-4-10-24-14)13-6-2-1-3-7-13/h1-11,17,19H,12H2,(H,20,22)(H,21,23)/p+1/t17-/m0/s1. The monoisotopic (exact) mass is 340 g/mol. The van der Waals surface area contributed by atoms with Gasteiger partial charge in [0.25, 0.3) is 5.91 Å². The van der Waals surface area contributed by atoms with Gasteiger partial charge in [-0.2, -0.15) is 0 Å². The molecular weight excluding hydrogens is 322 g/mol. The molecule has 0 bridgehead atoms. The van der Waals surface area contributed by atoms with Crippen LogP contribution >= 0.6 is 0 Å². The van der Waals surface area contributed by atoms with Crippen LogP contribution in [0.15, 0.2) is 76.0 Å². The number of carbonyl (C=O) groups excluding carboxylic acids is 2. The minimum Gasteiger partial charge on any atom is -0.463 e. The molecule has 3 aromatic rings. The molecule has 128 valence electrons. The van der Waals surface area contributed by atoms with Crippen molar-refractivity contribution in [2.45, 2.75) is 6.04 Å². The normalized spacial score (nSPS) is 11.7. The lowest BCUT2D eigenvalue weighted by Gasteiger charge is -2.14. The number of hydrogen-bond donors (Lipinski definition) is 3. The number of rotatable bonds is 6. The first-order valence-corrected chi connectivity index (χ1v) is 7.78. The fourth-order valence-corrected chi connectivity index (χ4v) is 2.42. The van der Waals surface area contributed by atoms with E-state index in [1.807, 2.05) is 47.8 Å². The fraction of sp³-hybridized carbons (Fsp3) is 0.111. The van der Waals surface area contributed by atoms with Gasteiger partial charge >= 0.3 is 5.91 Å². The van der Waals surface area contributed by atoms with Crippen molar-refractivity contribution in [3.63, 3.8) is 0 Å². The molecule has 4 N–H and O–H groups in total. The van der Waals surface area contributed by atoms with Crippen LogP contribution in [0.5, 0.6) is 0 Å². The number of amides is 2. The molecule has 0 aliphatic heterocycles. The molecule has 0 fully saturated rings. The Bertz CT molecular complexity index is 798. The Balaban J connectivity index is 1.56. The number of hydrogen-bond acceptors (Lipinski definition) is 4. The van der Waals surface area contributed by atoms with Crippen molar-refractivity contribution in [2.24, 2.45) is 0 Å². The van der Waals surface area contributed by atoms with Gasteiger partial charge in [-0.25, -0.2) is 0 Å². The molecule has 3 rings (SSSR count). The lowest BCUT2D eigenvalue weighted by Crippen LogP contribution is -2.88. The number of hydrazine groups is 1. The van der Waals surface area contributed by atoms with Crippen molar-refractivity contribution in [3.05, 3.63) is 84.2 Å².